The number of allylic oxidation sites excluding steroid dienone is 2. The zero-order valence-electron chi connectivity index (χ0n) is 27.7. The summed E-state index contributed by atoms with van der Waals surface area (Å²) in [4.78, 5) is 36.8. The third-order valence-electron chi connectivity index (χ3n) is 9.06. The van der Waals surface area contributed by atoms with Gasteiger partial charge in [0.05, 0.1) is 6.54 Å². The number of nitrogens with zero attached hydrogens (tertiary/aromatic N) is 1. The lowest BCUT2D eigenvalue weighted by molar-refractivity contribution is -0.973. The zero-order chi connectivity index (χ0) is 31.6. The van der Waals surface area contributed by atoms with Crippen molar-refractivity contribution in [1.82, 2.24) is 0 Å². The van der Waals surface area contributed by atoms with E-state index in [4.69, 9.17) is 0 Å². The van der Waals surface area contributed by atoms with Crippen LogP contribution < -0.4 is 0 Å². The zero-order valence-corrected chi connectivity index (χ0v) is 27.7. The van der Waals surface area contributed by atoms with E-state index in [0.717, 1.165) is 38.5 Å². The molecule has 3 unspecified atom stereocenters. The Bertz CT molecular complexity index is 682. The van der Waals surface area contributed by atoms with Gasteiger partial charge in [0.15, 0.2) is 18.1 Å². The summed E-state index contributed by atoms with van der Waals surface area (Å²) in [5, 5.41) is 30.1. The second kappa shape index (κ2) is 25.6. The number of hydrogen-bond donors (Lipinski definition) is 3. The van der Waals surface area contributed by atoms with E-state index in [1.54, 1.807) is 20.8 Å². The van der Waals surface area contributed by atoms with Crippen LogP contribution in [0.15, 0.2) is 12.2 Å². The van der Waals surface area contributed by atoms with Crippen LogP contribution in [0.4, 0.5) is 0 Å². The van der Waals surface area contributed by atoms with Crippen LogP contribution >= 0.6 is 0 Å². The number of carboxylic acid groups (broad SMARTS) is 3. The summed E-state index contributed by atoms with van der Waals surface area (Å²) in [6.07, 6.45) is 28.4. The van der Waals surface area contributed by atoms with Gasteiger partial charge in [-0.2, -0.15) is 0 Å². The molecule has 0 heterocycles. The number of quaternary nitrogens is 1. The second-order valence-electron chi connectivity index (χ2n) is 12.2. The Labute approximate surface area is 257 Å². The first-order valence-corrected chi connectivity index (χ1v) is 17.4. The Balaban J connectivity index is 4.40. The maximum Gasteiger partial charge on any atom is 0.362 e. The van der Waals surface area contributed by atoms with Crippen molar-refractivity contribution < 1.29 is 34.2 Å². The highest BCUT2D eigenvalue weighted by Gasteiger charge is 2.55. The minimum atomic E-state index is -1.12. The van der Waals surface area contributed by atoms with Crippen molar-refractivity contribution in [2.24, 2.45) is 0 Å². The van der Waals surface area contributed by atoms with Crippen molar-refractivity contribution in [3.8, 4) is 0 Å². The van der Waals surface area contributed by atoms with Gasteiger partial charge >= 0.3 is 17.9 Å². The number of unbranched alkanes of at least 4 members (excludes halogenated alkanes) is 17. The fourth-order valence-corrected chi connectivity index (χ4v) is 6.80. The average Bonchev–Trinajstić information content (AvgIpc) is 2.94. The van der Waals surface area contributed by atoms with Gasteiger partial charge in [0.25, 0.3) is 0 Å². The fraction of sp³-hybridized carbons (Fsp3) is 0.857. The molecule has 0 radical (unpaired) electrons. The Kier molecular flexibility index (Phi) is 24.4. The third kappa shape index (κ3) is 15.5. The van der Waals surface area contributed by atoms with Crippen molar-refractivity contribution in [2.75, 3.05) is 6.54 Å². The van der Waals surface area contributed by atoms with Gasteiger partial charge in [-0.05, 0) is 38.5 Å². The molecule has 0 aromatic heterocycles. The first-order valence-electron chi connectivity index (χ1n) is 17.4. The van der Waals surface area contributed by atoms with Crippen molar-refractivity contribution in [2.45, 2.75) is 187 Å². The van der Waals surface area contributed by atoms with Crippen molar-refractivity contribution in [1.29, 1.82) is 0 Å². The van der Waals surface area contributed by atoms with E-state index < -0.39 is 40.5 Å². The molecule has 3 atom stereocenters. The topological polar surface area (TPSA) is 112 Å². The second-order valence-corrected chi connectivity index (χ2v) is 12.2. The van der Waals surface area contributed by atoms with Crippen LogP contribution in [0, 0.1) is 0 Å². The molecule has 0 amide bonds. The molecule has 3 N–H and O–H groups in total. The molecule has 0 bridgehead atoms. The van der Waals surface area contributed by atoms with Gasteiger partial charge in [0.1, 0.15) is 0 Å². The lowest BCUT2D eigenvalue weighted by Gasteiger charge is -2.49. The molecule has 0 aliphatic carbocycles. The van der Waals surface area contributed by atoms with Gasteiger partial charge in [-0.25, -0.2) is 14.4 Å². The summed E-state index contributed by atoms with van der Waals surface area (Å²) in [7, 11) is 0. The predicted molar refractivity (Wildman–Crippen MR) is 173 cm³/mol. The standard InChI is InChI=1S/C35H65NO6/c1-5-9-10-11-12-13-14-15-16-17-18-19-20-21-22-23-24-25-26-27-28-29-36(30(6-2)33(37)38,31(7-3)34(39)40)32(8-4)35(41)42/h20-21,30-32H,5-19,22-29H2,1-4H3,(H2-,37,38,39,40,41,42)/p+1/b21-20+. The molecule has 0 aliphatic rings. The average molecular weight is 597 g/mol. The summed E-state index contributed by atoms with van der Waals surface area (Å²) in [5.74, 6) is -3.35. The molecule has 0 aromatic rings. The summed E-state index contributed by atoms with van der Waals surface area (Å²) < 4.78 is -0.409. The Morgan fingerprint density at radius 1 is 0.476 bits per heavy atom. The Morgan fingerprint density at radius 2 is 0.762 bits per heavy atom. The lowest BCUT2D eigenvalue weighted by atomic mass is 9.93. The van der Waals surface area contributed by atoms with Crippen molar-refractivity contribution in [3.05, 3.63) is 12.2 Å². The summed E-state index contributed by atoms with van der Waals surface area (Å²) in [5.41, 5.74) is 0. The largest absolute Gasteiger partial charge is 0.477 e. The molecule has 0 saturated carbocycles. The molecule has 42 heavy (non-hydrogen) atoms. The smallest absolute Gasteiger partial charge is 0.362 e. The normalized spacial score (nSPS) is 15.3. The Hall–Kier alpha value is -1.89. The van der Waals surface area contributed by atoms with Crippen LogP contribution in [0.2, 0.25) is 0 Å². The molecule has 0 spiro atoms. The van der Waals surface area contributed by atoms with Gasteiger partial charge in [-0.15, -0.1) is 0 Å². The monoisotopic (exact) mass is 596 g/mol. The number of aliphatic carboxylic acids is 3. The quantitative estimate of drug-likeness (QED) is 0.0433. The van der Waals surface area contributed by atoms with Crippen LogP contribution in [0.3, 0.4) is 0 Å². The molecule has 7 nitrogen and oxygen atoms in total. The van der Waals surface area contributed by atoms with E-state index in [-0.39, 0.29) is 25.8 Å². The maximum absolute atomic E-state index is 12.3. The molecular formula is C35H66NO6+. The highest BCUT2D eigenvalue weighted by atomic mass is 16.4. The first kappa shape index (κ1) is 40.1. The van der Waals surface area contributed by atoms with E-state index in [9.17, 15) is 29.7 Å². The number of carboxylic acids is 3. The van der Waals surface area contributed by atoms with Crippen LogP contribution in [0.5, 0.6) is 0 Å². The van der Waals surface area contributed by atoms with E-state index >= 15 is 0 Å². The third-order valence-corrected chi connectivity index (χ3v) is 9.06. The highest BCUT2D eigenvalue weighted by Crippen LogP contribution is 2.32. The maximum atomic E-state index is 12.3. The molecule has 0 rings (SSSR count). The Morgan fingerprint density at radius 3 is 1.05 bits per heavy atom. The summed E-state index contributed by atoms with van der Waals surface area (Å²) >= 11 is 0. The SMILES string of the molecule is CCCCCCCCCCCCC/C=C/CCCCCCCC[N+](C(CC)C(=O)O)(C(CC)C(=O)O)C(CC)C(=O)O. The van der Waals surface area contributed by atoms with Crippen LogP contribution in [-0.2, 0) is 14.4 Å². The number of rotatable bonds is 30. The molecule has 0 fully saturated rings. The van der Waals surface area contributed by atoms with Crippen molar-refractivity contribution in [3.63, 3.8) is 0 Å². The fourth-order valence-electron chi connectivity index (χ4n) is 6.80. The predicted octanol–water partition coefficient (Wildman–Crippen LogP) is 9.38. The van der Waals surface area contributed by atoms with E-state index in [1.165, 1.54) is 77.0 Å². The highest BCUT2D eigenvalue weighted by molar-refractivity contribution is 5.78. The summed E-state index contributed by atoms with van der Waals surface area (Å²) in [6.45, 7) is 7.65. The lowest BCUT2D eigenvalue weighted by Crippen LogP contribution is -2.72. The molecule has 0 aliphatic heterocycles. The van der Waals surface area contributed by atoms with Gasteiger partial charge in [-0.1, -0.05) is 123 Å². The van der Waals surface area contributed by atoms with Gasteiger partial charge in [-0.3, -0.25) is 4.48 Å². The van der Waals surface area contributed by atoms with Crippen LogP contribution in [-0.4, -0.2) is 62.4 Å². The number of hydrogen-bond acceptors (Lipinski definition) is 3. The van der Waals surface area contributed by atoms with E-state index in [1.807, 2.05) is 0 Å². The minimum Gasteiger partial charge on any atom is -0.477 e. The summed E-state index contributed by atoms with van der Waals surface area (Å²) in [6, 6.07) is -3.20. The first-order chi connectivity index (χ1) is 20.2. The van der Waals surface area contributed by atoms with E-state index in [0.29, 0.717) is 6.42 Å². The molecule has 246 valence electrons. The van der Waals surface area contributed by atoms with Crippen LogP contribution in [0.25, 0.3) is 0 Å². The minimum absolute atomic E-state index is 0.190. The number of carbonyl (C=O) groups is 3. The van der Waals surface area contributed by atoms with Gasteiger partial charge < -0.3 is 15.3 Å². The molecule has 0 saturated heterocycles. The molecular weight excluding hydrogens is 530 g/mol. The van der Waals surface area contributed by atoms with Crippen molar-refractivity contribution >= 4 is 17.9 Å². The van der Waals surface area contributed by atoms with E-state index in [2.05, 4.69) is 19.1 Å². The van der Waals surface area contributed by atoms with Gasteiger partial charge in [0.2, 0.25) is 0 Å². The molecule has 7 heteroatoms. The van der Waals surface area contributed by atoms with Gasteiger partial charge in [0, 0.05) is 19.3 Å². The van der Waals surface area contributed by atoms with Crippen LogP contribution in [0.1, 0.15) is 169 Å². The molecule has 0 aromatic carbocycles.